The lowest BCUT2D eigenvalue weighted by Crippen LogP contribution is -2.38. The minimum atomic E-state index is 0.312. The molecule has 0 bridgehead atoms. The zero-order valence-electron chi connectivity index (χ0n) is 14.7. The summed E-state index contributed by atoms with van der Waals surface area (Å²) in [6, 6.07) is 6.08. The molecule has 0 aliphatic carbocycles. The fraction of sp³-hybridized carbons (Fsp3) is 0.444. The second-order valence-electron chi connectivity index (χ2n) is 5.73. The molecule has 0 unspecified atom stereocenters. The molecule has 0 saturated heterocycles. The number of benzene rings is 1. The van der Waals surface area contributed by atoms with Gasteiger partial charge >= 0.3 is 0 Å². The molecule has 0 atom stereocenters. The minimum Gasteiger partial charge on any atom is -0.454 e. The molecule has 0 saturated carbocycles. The number of nitrogens with one attached hydrogen (secondary N) is 2. The first-order valence-electron chi connectivity index (χ1n) is 8.56. The van der Waals surface area contributed by atoms with Crippen LogP contribution in [0.5, 0.6) is 11.5 Å². The van der Waals surface area contributed by atoms with E-state index in [2.05, 4.69) is 39.0 Å². The highest BCUT2D eigenvalue weighted by Crippen LogP contribution is 2.32. The molecule has 134 valence electrons. The van der Waals surface area contributed by atoms with Gasteiger partial charge in [0, 0.05) is 31.4 Å². The number of nitrogens with zero attached hydrogens (tertiary/aromatic N) is 2. The smallest absolute Gasteiger partial charge is 0.231 e. The molecule has 2 N–H and O–H groups in total. The number of hydrogen-bond donors (Lipinski definition) is 2. The Morgan fingerprint density at radius 2 is 2.12 bits per heavy atom. The van der Waals surface area contributed by atoms with Crippen molar-refractivity contribution >= 4 is 17.3 Å². The number of hydrogen-bond acceptors (Lipinski definition) is 5. The Balaban J connectivity index is 1.47. The molecule has 2 heterocycles. The molecule has 0 amide bonds. The summed E-state index contributed by atoms with van der Waals surface area (Å²) in [6.45, 7) is 6.78. The summed E-state index contributed by atoms with van der Waals surface area (Å²) in [4.78, 5) is 9.09. The zero-order valence-corrected chi connectivity index (χ0v) is 15.5. The molecule has 0 radical (unpaired) electrons. The highest BCUT2D eigenvalue weighted by atomic mass is 32.1. The lowest BCUT2D eigenvalue weighted by atomic mass is 10.1. The van der Waals surface area contributed by atoms with Crippen molar-refractivity contribution in [3.8, 4) is 11.5 Å². The third-order valence-corrected chi connectivity index (χ3v) is 4.61. The van der Waals surface area contributed by atoms with Crippen molar-refractivity contribution in [3.05, 3.63) is 39.8 Å². The summed E-state index contributed by atoms with van der Waals surface area (Å²) in [5.74, 6) is 2.50. The van der Waals surface area contributed by atoms with Gasteiger partial charge in [-0.3, -0.25) is 4.99 Å². The number of aliphatic imine (C=N–C) groups is 1. The third kappa shape index (κ3) is 5.09. The van der Waals surface area contributed by atoms with Crippen LogP contribution < -0.4 is 20.1 Å². The van der Waals surface area contributed by atoms with E-state index in [-0.39, 0.29) is 0 Å². The van der Waals surface area contributed by atoms with E-state index in [0.717, 1.165) is 60.6 Å². The number of guanidine groups is 1. The predicted octanol–water partition coefficient (Wildman–Crippen LogP) is 2.52. The van der Waals surface area contributed by atoms with Crippen LogP contribution in [0, 0.1) is 6.92 Å². The van der Waals surface area contributed by atoms with Gasteiger partial charge in [-0.05, 0) is 38.0 Å². The third-order valence-electron chi connectivity index (χ3n) is 3.79. The first-order valence-corrected chi connectivity index (χ1v) is 9.44. The lowest BCUT2D eigenvalue weighted by Gasteiger charge is -2.11. The normalized spacial score (nSPS) is 13.1. The minimum absolute atomic E-state index is 0.312. The molecule has 25 heavy (non-hydrogen) atoms. The number of fused-ring (bicyclic) bond motifs is 1. The molecule has 0 spiro atoms. The second-order valence-corrected chi connectivity index (χ2v) is 6.80. The van der Waals surface area contributed by atoms with E-state index < -0.39 is 0 Å². The Hall–Kier alpha value is -2.28. The van der Waals surface area contributed by atoms with Crippen molar-refractivity contribution in [2.45, 2.75) is 26.7 Å². The van der Waals surface area contributed by atoms with E-state index in [9.17, 15) is 0 Å². The number of aryl methyl sites for hydroxylation is 1. The molecule has 1 aliphatic rings. The summed E-state index contributed by atoms with van der Waals surface area (Å²) >= 11 is 1.68. The SMILES string of the molecule is CCNC(=NCCc1csc(C)n1)NCCc1ccc2c(c1)OCO2. The zero-order chi connectivity index (χ0) is 17.5. The highest BCUT2D eigenvalue weighted by Gasteiger charge is 2.12. The van der Waals surface area contributed by atoms with Gasteiger partial charge in [0.25, 0.3) is 0 Å². The molecule has 7 heteroatoms. The molecule has 1 aliphatic heterocycles. The topological polar surface area (TPSA) is 67.8 Å². The molecular weight excluding hydrogens is 336 g/mol. The van der Waals surface area contributed by atoms with Crippen molar-refractivity contribution in [1.29, 1.82) is 0 Å². The standard InChI is InChI=1S/C18H24N4O2S/c1-3-19-18(21-9-7-15-11-25-13(2)22-15)20-8-6-14-4-5-16-17(10-14)24-12-23-16/h4-5,10-11H,3,6-9,12H2,1-2H3,(H2,19,20,21). The summed E-state index contributed by atoms with van der Waals surface area (Å²) in [6.07, 6.45) is 1.76. The van der Waals surface area contributed by atoms with Crippen molar-refractivity contribution < 1.29 is 9.47 Å². The van der Waals surface area contributed by atoms with Crippen molar-refractivity contribution in [3.63, 3.8) is 0 Å². The average Bonchev–Trinajstić information content (AvgIpc) is 3.23. The van der Waals surface area contributed by atoms with Crippen LogP contribution in [0.4, 0.5) is 0 Å². The van der Waals surface area contributed by atoms with Gasteiger partial charge in [0.05, 0.1) is 10.7 Å². The maximum atomic E-state index is 5.42. The average molecular weight is 360 g/mol. The Morgan fingerprint density at radius 1 is 1.24 bits per heavy atom. The maximum absolute atomic E-state index is 5.42. The van der Waals surface area contributed by atoms with Gasteiger partial charge in [0.1, 0.15) is 0 Å². The van der Waals surface area contributed by atoms with Crippen LogP contribution in [-0.2, 0) is 12.8 Å². The van der Waals surface area contributed by atoms with Crippen LogP contribution in [-0.4, -0.2) is 37.4 Å². The summed E-state index contributed by atoms with van der Waals surface area (Å²) in [7, 11) is 0. The van der Waals surface area contributed by atoms with Crippen molar-refractivity contribution in [2.75, 3.05) is 26.4 Å². The van der Waals surface area contributed by atoms with Crippen LogP contribution in [0.2, 0.25) is 0 Å². The Kier molecular flexibility index (Phi) is 6.11. The number of ether oxygens (including phenoxy) is 2. The van der Waals surface area contributed by atoms with Crippen LogP contribution in [0.1, 0.15) is 23.2 Å². The van der Waals surface area contributed by atoms with Gasteiger partial charge in [-0.25, -0.2) is 4.98 Å². The Labute approximate surface area is 152 Å². The van der Waals surface area contributed by atoms with Gasteiger partial charge in [0.15, 0.2) is 17.5 Å². The quantitative estimate of drug-likeness (QED) is 0.587. The predicted molar refractivity (Wildman–Crippen MR) is 101 cm³/mol. The number of rotatable bonds is 7. The van der Waals surface area contributed by atoms with E-state index in [0.29, 0.717) is 6.79 Å². The van der Waals surface area contributed by atoms with Crippen LogP contribution >= 0.6 is 11.3 Å². The number of aromatic nitrogens is 1. The first-order chi connectivity index (χ1) is 12.2. The van der Waals surface area contributed by atoms with Crippen molar-refractivity contribution in [1.82, 2.24) is 15.6 Å². The molecule has 1 aromatic carbocycles. The highest BCUT2D eigenvalue weighted by molar-refractivity contribution is 7.09. The van der Waals surface area contributed by atoms with E-state index in [1.165, 1.54) is 5.56 Å². The molecule has 0 fully saturated rings. The van der Waals surface area contributed by atoms with Gasteiger partial charge in [-0.15, -0.1) is 11.3 Å². The molecule has 2 aromatic rings. The van der Waals surface area contributed by atoms with Crippen LogP contribution in [0.3, 0.4) is 0 Å². The Morgan fingerprint density at radius 3 is 2.92 bits per heavy atom. The first kappa shape index (κ1) is 17.5. The van der Waals surface area contributed by atoms with Crippen molar-refractivity contribution in [2.24, 2.45) is 4.99 Å². The van der Waals surface area contributed by atoms with Gasteiger partial charge < -0.3 is 20.1 Å². The summed E-state index contributed by atoms with van der Waals surface area (Å²) in [5.41, 5.74) is 2.33. The van der Waals surface area contributed by atoms with Gasteiger partial charge in [0.2, 0.25) is 6.79 Å². The Bertz CT molecular complexity index is 730. The second kappa shape index (κ2) is 8.71. The molecule has 6 nitrogen and oxygen atoms in total. The van der Waals surface area contributed by atoms with Gasteiger partial charge in [-0.2, -0.15) is 0 Å². The van der Waals surface area contributed by atoms with Gasteiger partial charge in [-0.1, -0.05) is 6.07 Å². The number of thiazole rings is 1. The van der Waals surface area contributed by atoms with E-state index >= 15 is 0 Å². The summed E-state index contributed by atoms with van der Waals surface area (Å²) < 4.78 is 10.8. The van der Waals surface area contributed by atoms with Crippen LogP contribution in [0.15, 0.2) is 28.6 Å². The largest absolute Gasteiger partial charge is 0.454 e. The monoisotopic (exact) mass is 360 g/mol. The van der Waals surface area contributed by atoms with Crippen LogP contribution in [0.25, 0.3) is 0 Å². The molecule has 3 rings (SSSR count). The van der Waals surface area contributed by atoms with E-state index in [1.807, 2.05) is 19.1 Å². The molecular formula is C18H24N4O2S. The maximum Gasteiger partial charge on any atom is 0.231 e. The van der Waals surface area contributed by atoms with E-state index in [4.69, 9.17) is 9.47 Å². The summed E-state index contributed by atoms with van der Waals surface area (Å²) in [5, 5.41) is 9.86. The molecule has 1 aromatic heterocycles. The van der Waals surface area contributed by atoms with E-state index in [1.54, 1.807) is 11.3 Å². The lowest BCUT2D eigenvalue weighted by molar-refractivity contribution is 0.174. The fourth-order valence-electron chi connectivity index (χ4n) is 2.57. The fourth-order valence-corrected chi connectivity index (χ4v) is 3.22.